The number of rotatable bonds is 3. The Morgan fingerprint density at radius 3 is 2.76 bits per heavy atom. The van der Waals surface area contributed by atoms with Gasteiger partial charge in [-0.25, -0.2) is 0 Å². The Morgan fingerprint density at radius 2 is 2.24 bits per heavy atom. The van der Waals surface area contributed by atoms with E-state index in [0.29, 0.717) is 22.0 Å². The molecule has 4 N–H and O–H groups in total. The molecule has 90 valence electrons. The second-order valence-corrected chi connectivity index (χ2v) is 4.01. The molecule has 0 atom stereocenters. The average molecular weight is 271 g/mol. The maximum absolute atomic E-state index is 8.78. The number of oxime groups is 1. The topological polar surface area (TPSA) is 83.0 Å². The van der Waals surface area contributed by atoms with Crippen molar-refractivity contribution in [3.05, 3.63) is 34.9 Å². The summed E-state index contributed by atoms with van der Waals surface area (Å²) in [7, 11) is 0. The molecule has 17 heavy (non-hydrogen) atoms. The number of halogens is 1. The fraction of sp³-hybridized carbons (Fsp3) is 0.100. The van der Waals surface area contributed by atoms with E-state index in [0.717, 1.165) is 0 Å². The highest BCUT2D eigenvalue weighted by Crippen LogP contribution is 2.12. The van der Waals surface area contributed by atoms with Gasteiger partial charge in [-0.3, -0.25) is 5.43 Å². The maximum atomic E-state index is 8.78. The van der Waals surface area contributed by atoms with Crippen LogP contribution in [0.3, 0.4) is 0 Å². The molecule has 0 saturated heterocycles. The van der Waals surface area contributed by atoms with E-state index in [1.807, 2.05) is 0 Å². The summed E-state index contributed by atoms with van der Waals surface area (Å²) in [6, 6.07) is 6.96. The van der Waals surface area contributed by atoms with Crippen LogP contribution in [0.1, 0.15) is 12.5 Å². The van der Waals surface area contributed by atoms with E-state index in [2.05, 4.69) is 27.9 Å². The Morgan fingerprint density at radius 1 is 1.53 bits per heavy atom. The predicted molar refractivity (Wildman–Crippen MR) is 72.8 cm³/mol. The summed E-state index contributed by atoms with van der Waals surface area (Å²) >= 11 is 10.5. The lowest BCUT2D eigenvalue weighted by molar-refractivity contribution is 0.320. The highest BCUT2D eigenvalue weighted by Gasteiger charge is 2.09. The van der Waals surface area contributed by atoms with Crippen molar-refractivity contribution in [2.24, 2.45) is 16.0 Å². The molecule has 0 radical (unpaired) electrons. The number of hydrazone groups is 1. The molecule has 0 saturated carbocycles. The van der Waals surface area contributed by atoms with Crippen LogP contribution in [0.15, 0.2) is 34.5 Å². The standard InChI is InChI=1S/C10H11ClN4OS/c1-6(15-16)9(13-14-10(12)17)7-3-2-4-8(11)5-7/h2-5,16H,1H3,(H3,12,14,17). The van der Waals surface area contributed by atoms with Crippen LogP contribution in [-0.2, 0) is 0 Å². The number of nitrogens with one attached hydrogen (secondary N) is 1. The minimum Gasteiger partial charge on any atom is -0.411 e. The van der Waals surface area contributed by atoms with Gasteiger partial charge in [-0.15, -0.1) is 0 Å². The summed E-state index contributed by atoms with van der Waals surface area (Å²) in [5, 5.41) is 16.4. The highest BCUT2D eigenvalue weighted by atomic mass is 35.5. The lowest BCUT2D eigenvalue weighted by atomic mass is 10.1. The first-order valence-electron chi connectivity index (χ1n) is 4.62. The average Bonchev–Trinajstić information content (AvgIpc) is 2.28. The zero-order valence-electron chi connectivity index (χ0n) is 9.01. The molecule has 0 bridgehead atoms. The van der Waals surface area contributed by atoms with Gasteiger partial charge in [-0.05, 0) is 31.3 Å². The summed E-state index contributed by atoms with van der Waals surface area (Å²) in [6.07, 6.45) is 0. The maximum Gasteiger partial charge on any atom is 0.184 e. The quantitative estimate of drug-likeness (QED) is 0.338. The van der Waals surface area contributed by atoms with Gasteiger partial charge in [0.2, 0.25) is 0 Å². The number of nitrogens with zero attached hydrogens (tertiary/aromatic N) is 2. The number of nitrogens with two attached hydrogens (primary N) is 1. The van der Waals surface area contributed by atoms with Crippen molar-refractivity contribution >= 4 is 40.4 Å². The van der Waals surface area contributed by atoms with Crippen molar-refractivity contribution < 1.29 is 5.21 Å². The Kier molecular flexibility index (Phi) is 4.86. The van der Waals surface area contributed by atoms with Crippen LogP contribution in [0.2, 0.25) is 5.02 Å². The van der Waals surface area contributed by atoms with Crippen molar-refractivity contribution in [3.8, 4) is 0 Å². The first-order valence-corrected chi connectivity index (χ1v) is 5.41. The number of hydrogen-bond donors (Lipinski definition) is 3. The molecule has 0 aliphatic carbocycles. The van der Waals surface area contributed by atoms with Gasteiger partial charge in [0, 0.05) is 10.6 Å². The lowest BCUT2D eigenvalue weighted by Crippen LogP contribution is -2.27. The number of hydrogen-bond acceptors (Lipinski definition) is 4. The van der Waals surface area contributed by atoms with Crippen molar-refractivity contribution in [1.29, 1.82) is 0 Å². The van der Waals surface area contributed by atoms with Gasteiger partial charge >= 0.3 is 0 Å². The van der Waals surface area contributed by atoms with E-state index < -0.39 is 0 Å². The van der Waals surface area contributed by atoms with Gasteiger partial charge in [0.05, 0.1) is 0 Å². The molecule has 1 aromatic carbocycles. The zero-order chi connectivity index (χ0) is 12.8. The number of thiocarbonyl (C=S) groups is 1. The molecule has 0 aliphatic rings. The largest absolute Gasteiger partial charge is 0.411 e. The second kappa shape index (κ2) is 6.17. The van der Waals surface area contributed by atoms with E-state index in [-0.39, 0.29) is 5.11 Å². The molecule has 1 rings (SSSR count). The molecule has 0 spiro atoms. The van der Waals surface area contributed by atoms with Crippen LogP contribution in [0.5, 0.6) is 0 Å². The van der Waals surface area contributed by atoms with E-state index in [4.69, 9.17) is 22.5 Å². The fourth-order valence-electron chi connectivity index (χ4n) is 1.15. The third kappa shape index (κ3) is 4.01. The van der Waals surface area contributed by atoms with Gasteiger partial charge in [0.25, 0.3) is 0 Å². The second-order valence-electron chi connectivity index (χ2n) is 3.13. The highest BCUT2D eigenvalue weighted by molar-refractivity contribution is 7.80. The predicted octanol–water partition coefficient (Wildman–Crippen LogP) is 1.73. The van der Waals surface area contributed by atoms with Crippen molar-refractivity contribution in [1.82, 2.24) is 5.43 Å². The molecule has 0 unspecified atom stereocenters. The number of benzene rings is 1. The molecule has 0 aliphatic heterocycles. The summed E-state index contributed by atoms with van der Waals surface area (Å²) < 4.78 is 0. The smallest absolute Gasteiger partial charge is 0.184 e. The van der Waals surface area contributed by atoms with Gasteiger partial charge in [-0.1, -0.05) is 28.9 Å². The van der Waals surface area contributed by atoms with E-state index in [1.165, 1.54) is 0 Å². The Labute approximate surface area is 109 Å². The van der Waals surface area contributed by atoms with Crippen molar-refractivity contribution in [3.63, 3.8) is 0 Å². The SMILES string of the molecule is CC(=NO)C(=NNC(N)=S)c1cccc(Cl)c1. The molecular weight excluding hydrogens is 260 g/mol. The Bertz CT molecular complexity index is 487. The van der Waals surface area contributed by atoms with Crippen LogP contribution in [0.25, 0.3) is 0 Å². The van der Waals surface area contributed by atoms with Crippen molar-refractivity contribution in [2.75, 3.05) is 0 Å². The van der Waals surface area contributed by atoms with E-state index in [1.54, 1.807) is 31.2 Å². The third-order valence-corrected chi connectivity index (χ3v) is 2.20. The van der Waals surface area contributed by atoms with Crippen LogP contribution in [0, 0.1) is 0 Å². The van der Waals surface area contributed by atoms with Crippen LogP contribution in [-0.4, -0.2) is 21.7 Å². The Hall–Kier alpha value is -1.66. The molecule has 0 aromatic heterocycles. The molecule has 0 fully saturated rings. The van der Waals surface area contributed by atoms with Gasteiger partial charge < -0.3 is 10.9 Å². The molecule has 0 amide bonds. The molecule has 0 heterocycles. The van der Waals surface area contributed by atoms with Crippen LogP contribution in [0.4, 0.5) is 0 Å². The zero-order valence-corrected chi connectivity index (χ0v) is 10.6. The molecule has 1 aromatic rings. The minimum atomic E-state index is 0.0234. The monoisotopic (exact) mass is 270 g/mol. The summed E-state index contributed by atoms with van der Waals surface area (Å²) in [5.74, 6) is 0. The lowest BCUT2D eigenvalue weighted by Gasteiger charge is -2.06. The fourth-order valence-corrected chi connectivity index (χ4v) is 1.38. The molecule has 7 heteroatoms. The first kappa shape index (κ1) is 13.4. The summed E-state index contributed by atoms with van der Waals surface area (Å²) in [5.41, 5.74) is 9.13. The Balaban J connectivity index is 3.15. The van der Waals surface area contributed by atoms with Gasteiger partial charge in [0.15, 0.2) is 5.11 Å². The summed E-state index contributed by atoms with van der Waals surface area (Å²) in [6.45, 7) is 1.60. The van der Waals surface area contributed by atoms with E-state index in [9.17, 15) is 0 Å². The first-order chi connectivity index (χ1) is 8.04. The van der Waals surface area contributed by atoms with E-state index >= 15 is 0 Å². The normalized spacial score (nSPS) is 12.4. The molecular formula is C10H11ClN4OS. The van der Waals surface area contributed by atoms with Crippen molar-refractivity contribution in [2.45, 2.75) is 6.92 Å². The third-order valence-electron chi connectivity index (χ3n) is 1.87. The van der Waals surface area contributed by atoms with Crippen LogP contribution < -0.4 is 11.2 Å². The summed E-state index contributed by atoms with van der Waals surface area (Å²) in [4.78, 5) is 0. The molecule has 5 nitrogen and oxygen atoms in total. The van der Waals surface area contributed by atoms with Crippen LogP contribution >= 0.6 is 23.8 Å². The van der Waals surface area contributed by atoms with Gasteiger partial charge in [0.1, 0.15) is 11.4 Å². The van der Waals surface area contributed by atoms with Gasteiger partial charge in [-0.2, -0.15) is 5.10 Å². The minimum absolute atomic E-state index is 0.0234.